The van der Waals surface area contributed by atoms with E-state index in [0.29, 0.717) is 23.4 Å². The highest BCUT2D eigenvalue weighted by Crippen LogP contribution is 2.29. The quantitative estimate of drug-likeness (QED) is 0.341. The average Bonchev–Trinajstić information content (AvgIpc) is 2.68. The van der Waals surface area contributed by atoms with E-state index in [1.807, 2.05) is 6.08 Å². The highest BCUT2D eigenvalue weighted by atomic mass is 35.5. The summed E-state index contributed by atoms with van der Waals surface area (Å²) < 4.78 is 5.70. The number of ether oxygens (including phenoxy) is 1. The van der Waals surface area contributed by atoms with E-state index < -0.39 is 4.84 Å². The van der Waals surface area contributed by atoms with Gasteiger partial charge in [0.2, 0.25) is 5.88 Å². The molecule has 1 N–H and O–H groups in total. The van der Waals surface area contributed by atoms with Crippen LogP contribution >= 0.6 is 23.2 Å². The Morgan fingerprint density at radius 3 is 2.82 bits per heavy atom. The lowest BCUT2D eigenvalue weighted by Gasteiger charge is -2.18. The SMILES string of the molecule is C=CCCCN(C)C(=O)Nc1ccc(C#N)c(Oc2ccc(C(Cl)Cl)cn2)c1. The Bertz CT molecular complexity index is 863. The van der Waals surface area contributed by atoms with Gasteiger partial charge in [0.1, 0.15) is 16.7 Å². The van der Waals surface area contributed by atoms with Crippen LogP contribution in [0.3, 0.4) is 0 Å². The van der Waals surface area contributed by atoms with E-state index in [4.69, 9.17) is 27.9 Å². The van der Waals surface area contributed by atoms with Crippen LogP contribution in [0, 0.1) is 11.3 Å². The number of alkyl halides is 2. The van der Waals surface area contributed by atoms with Crippen LogP contribution in [-0.2, 0) is 0 Å². The topological polar surface area (TPSA) is 78.2 Å². The van der Waals surface area contributed by atoms with E-state index in [-0.39, 0.29) is 17.7 Å². The minimum atomic E-state index is -0.682. The second-order valence-corrected chi connectivity index (χ2v) is 7.03. The van der Waals surface area contributed by atoms with Crippen LogP contribution in [0.2, 0.25) is 0 Å². The lowest BCUT2D eigenvalue weighted by Crippen LogP contribution is -2.32. The molecule has 2 amide bonds. The molecule has 1 aromatic carbocycles. The first-order chi connectivity index (χ1) is 13.4. The monoisotopic (exact) mass is 418 g/mol. The Morgan fingerprint density at radius 1 is 1.43 bits per heavy atom. The van der Waals surface area contributed by atoms with Crippen LogP contribution < -0.4 is 10.1 Å². The van der Waals surface area contributed by atoms with Crippen LogP contribution in [-0.4, -0.2) is 29.5 Å². The van der Waals surface area contributed by atoms with Crippen molar-refractivity contribution in [1.82, 2.24) is 9.88 Å². The molecule has 6 nitrogen and oxygen atoms in total. The van der Waals surface area contributed by atoms with Gasteiger partial charge in [-0.2, -0.15) is 5.26 Å². The van der Waals surface area contributed by atoms with Gasteiger partial charge in [-0.25, -0.2) is 9.78 Å². The average molecular weight is 419 g/mol. The van der Waals surface area contributed by atoms with E-state index in [9.17, 15) is 10.1 Å². The molecule has 1 heterocycles. The molecule has 0 saturated carbocycles. The van der Waals surface area contributed by atoms with Gasteiger partial charge in [-0.05, 0) is 31.0 Å². The second-order valence-electron chi connectivity index (χ2n) is 5.94. The molecule has 0 unspecified atom stereocenters. The number of allylic oxidation sites excluding steroid dienone is 1. The molecule has 28 heavy (non-hydrogen) atoms. The molecule has 0 aliphatic rings. The van der Waals surface area contributed by atoms with E-state index in [2.05, 4.69) is 22.9 Å². The maximum absolute atomic E-state index is 12.3. The summed E-state index contributed by atoms with van der Waals surface area (Å²) in [5.41, 5.74) is 1.46. The summed E-state index contributed by atoms with van der Waals surface area (Å²) in [4.78, 5) is 17.3. The number of hydrogen-bond acceptors (Lipinski definition) is 4. The fourth-order valence-electron chi connectivity index (χ4n) is 2.26. The number of rotatable bonds is 8. The molecule has 0 atom stereocenters. The number of halogens is 2. The number of nitriles is 1. The standard InChI is InChI=1S/C20H20Cl2N4O2/c1-3-4-5-10-26(2)20(27)25-16-8-6-14(12-23)17(11-16)28-18-9-7-15(13-24-18)19(21)22/h3,6-9,11,13,19H,1,4-5,10H2,2H3,(H,25,27). The molecule has 1 aromatic heterocycles. The smallest absolute Gasteiger partial charge is 0.321 e. The van der Waals surface area contributed by atoms with Crippen molar-refractivity contribution >= 4 is 34.9 Å². The molecule has 0 spiro atoms. The van der Waals surface area contributed by atoms with Gasteiger partial charge in [-0.3, -0.25) is 0 Å². The molecule has 0 saturated heterocycles. The van der Waals surface area contributed by atoms with Gasteiger partial charge in [0.15, 0.2) is 0 Å². The molecular weight excluding hydrogens is 399 g/mol. The van der Waals surface area contributed by atoms with Gasteiger partial charge < -0.3 is 15.0 Å². The summed E-state index contributed by atoms with van der Waals surface area (Å²) in [6.07, 6.45) is 4.99. The van der Waals surface area contributed by atoms with Gasteiger partial charge in [-0.1, -0.05) is 6.08 Å². The fourth-order valence-corrected chi connectivity index (χ4v) is 2.52. The molecule has 2 rings (SSSR count). The number of benzene rings is 1. The predicted octanol–water partition coefficient (Wildman–Crippen LogP) is 5.65. The third-order valence-corrected chi connectivity index (χ3v) is 4.33. The molecule has 0 radical (unpaired) electrons. The van der Waals surface area contributed by atoms with Crippen LogP contribution in [0.1, 0.15) is 28.8 Å². The van der Waals surface area contributed by atoms with Crippen molar-refractivity contribution in [3.63, 3.8) is 0 Å². The Balaban J connectivity index is 2.11. The minimum Gasteiger partial charge on any atom is -0.438 e. The highest BCUT2D eigenvalue weighted by molar-refractivity contribution is 6.44. The van der Waals surface area contributed by atoms with E-state index in [1.54, 1.807) is 42.3 Å². The minimum absolute atomic E-state index is 0.252. The Hall–Kier alpha value is -2.75. The zero-order valence-electron chi connectivity index (χ0n) is 15.4. The number of carbonyl (C=O) groups excluding carboxylic acids is 1. The van der Waals surface area contributed by atoms with Crippen molar-refractivity contribution in [2.24, 2.45) is 0 Å². The number of aromatic nitrogens is 1. The van der Waals surface area contributed by atoms with Crippen LogP contribution in [0.5, 0.6) is 11.6 Å². The first kappa shape index (κ1) is 21.5. The lowest BCUT2D eigenvalue weighted by molar-refractivity contribution is 0.222. The van der Waals surface area contributed by atoms with E-state index >= 15 is 0 Å². The van der Waals surface area contributed by atoms with E-state index in [1.165, 1.54) is 6.20 Å². The normalized spacial score (nSPS) is 10.2. The number of nitrogens with zero attached hydrogens (tertiary/aromatic N) is 3. The molecule has 0 aliphatic heterocycles. The van der Waals surface area contributed by atoms with Gasteiger partial charge >= 0.3 is 6.03 Å². The fraction of sp³-hybridized carbons (Fsp3) is 0.250. The number of urea groups is 1. The zero-order chi connectivity index (χ0) is 20.5. The van der Waals surface area contributed by atoms with Gasteiger partial charge in [0.05, 0.1) is 5.56 Å². The van der Waals surface area contributed by atoms with Crippen molar-refractivity contribution in [2.75, 3.05) is 18.9 Å². The summed E-state index contributed by atoms with van der Waals surface area (Å²) in [5.74, 6) is 0.558. The molecular formula is C20H20Cl2N4O2. The Morgan fingerprint density at radius 2 is 2.21 bits per heavy atom. The number of unbranched alkanes of at least 4 members (excludes halogenated alkanes) is 1. The maximum Gasteiger partial charge on any atom is 0.321 e. The predicted molar refractivity (Wildman–Crippen MR) is 111 cm³/mol. The van der Waals surface area contributed by atoms with Crippen LogP contribution in [0.25, 0.3) is 0 Å². The number of nitrogens with one attached hydrogen (secondary N) is 1. The Labute approximate surface area is 174 Å². The first-order valence-corrected chi connectivity index (χ1v) is 9.41. The van der Waals surface area contributed by atoms with Gasteiger partial charge in [0, 0.05) is 43.2 Å². The lowest BCUT2D eigenvalue weighted by atomic mass is 10.2. The van der Waals surface area contributed by atoms with Crippen molar-refractivity contribution in [3.8, 4) is 17.7 Å². The molecule has 0 bridgehead atoms. The second kappa shape index (κ2) is 10.5. The molecule has 146 valence electrons. The van der Waals surface area contributed by atoms with Crippen molar-refractivity contribution < 1.29 is 9.53 Å². The van der Waals surface area contributed by atoms with Crippen LogP contribution in [0.15, 0.2) is 49.2 Å². The highest BCUT2D eigenvalue weighted by Gasteiger charge is 2.12. The third-order valence-electron chi connectivity index (χ3n) is 3.83. The van der Waals surface area contributed by atoms with Crippen LogP contribution in [0.4, 0.5) is 10.5 Å². The molecule has 0 fully saturated rings. The zero-order valence-corrected chi connectivity index (χ0v) is 16.9. The number of pyridine rings is 1. The van der Waals surface area contributed by atoms with Gasteiger partial charge in [0.25, 0.3) is 0 Å². The summed E-state index contributed by atoms with van der Waals surface area (Å²) in [7, 11) is 1.71. The molecule has 0 aliphatic carbocycles. The molecule has 8 heteroatoms. The maximum atomic E-state index is 12.3. The van der Waals surface area contributed by atoms with Crippen molar-refractivity contribution in [2.45, 2.75) is 17.7 Å². The Kier molecular flexibility index (Phi) is 8.12. The number of carbonyl (C=O) groups is 1. The van der Waals surface area contributed by atoms with Crippen molar-refractivity contribution in [3.05, 3.63) is 60.3 Å². The number of anilines is 1. The summed E-state index contributed by atoms with van der Waals surface area (Å²) in [6.45, 7) is 4.27. The molecule has 2 aromatic rings. The largest absolute Gasteiger partial charge is 0.438 e. The summed E-state index contributed by atoms with van der Waals surface area (Å²) in [6, 6.07) is 9.89. The van der Waals surface area contributed by atoms with Crippen molar-refractivity contribution in [1.29, 1.82) is 5.26 Å². The first-order valence-electron chi connectivity index (χ1n) is 8.53. The summed E-state index contributed by atoms with van der Waals surface area (Å²) in [5, 5.41) is 12.1. The van der Waals surface area contributed by atoms with Gasteiger partial charge in [-0.15, -0.1) is 29.8 Å². The number of amides is 2. The van der Waals surface area contributed by atoms with E-state index in [0.717, 1.165) is 12.8 Å². The number of hydrogen-bond donors (Lipinski definition) is 1. The summed E-state index contributed by atoms with van der Waals surface area (Å²) >= 11 is 11.6. The third kappa shape index (κ3) is 6.15.